The summed E-state index contributed by atoms with van der Waals surface area (Å²) in [5, 5.41) is 3.66. The van der Waals surface area contributed by atoms with E-state index in [-0.39, 0.29) is 0 Å². The molecule has 1 fully saturated rings. The van der Waals surface area contributed by atoms with Crippen LogP contribution in [0.4, 0.5) is 5.69 Å². The molecular weight excluding hydrogens is 220 g/mol. The first-order valence-electron chi connectivity index (χ1n) is 7.18. The van der Waals surface area contributed by atoms with E-state index in [1.807, 2.05) is 0 Å². The average Bonchev–Trinajstić information content (AvgIpc) is 2.41. The van der Waals surface area contributed by atoms with Crippen molar-refractivity contribution in [1.29, 1.82) is 0 Å². The second-order valence-electron chi connectivity index (χ2n) is 5.61. The Morgan fingerprint density at radius 1 is 1.39 bits per heavy atom. The van der Waals surface area contributed by atoms with Crippen LogP contribution in [0.3, 0.4) is 0 Å². The Bertz CT molecular complexity index is 400. The van der Waals surface area contributed by atoms with Gasteiger partial charge in [0.2, 0.25) is 0 Å². The third kappa shape index (κ3) is 2.69. The minimum atomic E-state index is 0.628. The lowest BCUT2D eigenvalue weighted by Gasteiger charge is -2.38. The van der Waals surface area contributed by atoms with Gasteiger partial charge in [0.05, 0.1) is 0 Å². The van der Waals surface area contributed by atoms with Crippen molar-refractivity contribution in [3.63, 3.8) is 0 Å². The van der Waals surface area contributed by atoms with Crippen molar-refractivity contribution in [2.75, 3.05) is 24.5 Å². The van der Waals surface area contributed by atoms with Crippen LogP contribution in [-0.2, 0) is 0 Å². The smallest absolute Gasteiger partial charge is 0.0399 e. The largest absolute Gasteiger partial charge is 0.368 e. The van der Waals surface area contributed by atoms with Crippen LogP contribution in [0.5, 0.6) is 0 Å². The molecule has 1 N–H and O–H groups in total. The number of nitrogens with zero attached hydrogens (tertiary/aromatic N) is 1. The summed E-state index contributed by atoms with van der Waals surface area (Å²) in [7, 11) is 0. The highest BCUT2D eigenvalue weighted by Gasteiger charge is 2.24. The molecule has 2 atom stereocenters. The molecule has 1 heterocycles. The molecule has 1 aliphatic rings. The number of piperazine rings is 1. The number of anilines is 1. The van der Waals surface area contributed by atoms with E-state index in [2.05, 4.69) is 56.1 Å². The predicted octanol–water partition coefficient (Wildman–Crippen LogP) is 3.13. The van der Waals surface area contributed by atoms with Gasteiger partial charge in [-0.25, -0.2) is 0 Å². The van der Waals surface area contributed by atoms with Crippen LogP contribution in [0, 0.1) is 19.8 Å². The summed E-state index contributed by atoms with van der Waals surface area (Å²) in [5.41, 5.74) is 4.25. The Kier molecular flexibility index (Phi) is 4.28. The van der Waals surface area contributed by atoms with E-state index < -0.39 is 0 Å². The van der Waals surface area contributed by atoms with Gasteiger partial charge < -0.3 is 10.2 Å². The second-order valence-corrected chi connectivity index (χ2v) is 5.61. The number of nitrogens with one attached hydrogen (secondary N) is 1. The fraction of sp³-hybridized carbons (Fsp3) is 0.625. The highest BCUT2D eigenvalue weighted by atomic mass is 15.2. The zero-order valence-corrected chi connectivity index (χ0v) is 12.2. The van der Waals surface area contributed by atoms with Crippen LogP contribution in [0.2, 0.25) is 0 Å². The Labute approximate surface area is 111 Å². The number of benzene rings is 1. The van der Waals surface area contributed by atoms with Crippen molar-refractivity contribution in [2.24, 2.45) is 5.92 Å². The van der Waals surface area contributed by atoms with Crippen molar-refractivity contribution in [3.8, 4) is 0 Å². The number of rotatable bonds is 3. The monoisotopic (exact) mass is 246 g/mol. The van der Waals surface area contributed by atoms with Crippen molar-refractivity contribution >= 4 is 5.69 Å². The van der Waals surface area contributed by atoms with E-state index >= 15 is 0 Å². The highest BCUT2D eigenvalue weighted by Crippen LogP contribution is 2.25. The summed E-state index contributed by atoms with van der Waals surface area (Å²) in [6.07, 6.45) is 1.25. The minimum absolute atomic E-state index is 0.628. The zero-order chi connectivity index (χ0) is 13.1. The molecule has 2 heteroatoms. The third-order valence-electron chi connectivity index (χ3n) is 4.45. The molecule has 0 aromatic heterocycles. The fourth-order valence-corrected chi connectivity index (χ4v) is 2.74. The van der Waals surface area contributed by atoms with Crippen molar-refractivity contribution < 1.29 is 0 Å². The lowest BCUT2D eigenvalue weighted by molar-refractivity contribution is 0.341. The Balaban J connectivity index is 2.15. The van der Waals surface area contributed by atoms with Gasteiger partial charge in [-0.15, -0.1) is 0 Å². The van der Waals surface area contributed by atoms with Crippen molar-refractivity contribution in [1.82, 2.24) is 5.32 Å². The van der Waals surface area contributed by atoms with Crippen LogP contribution in [0.1, 0.15) is 31.4 Å². The Morgan fingerprint density at radius 3 is 2.89 bits per heavy atom. The van der Waals surface area contributed by atoms with Gasteiger partial charge in [0.15, 0.2) is 0 Å². The molecule has 2 unspecified atom stereocenters. The first kappa shape index (κ1) is 13.4. The van der Waals surface area contributed by atoms with Gasteiger partial charge in [-0.1, -0.05) is 32.4 Å². The normalized spacial score (nSPS) is 22.0. The standard InChI is InChI=1S/C16H26N2/c1-5-12(2)15-11-18(10-9-17-15)16-8-6-7-13(3)14(16)4/h6-8,12,15,17H,5,9-11H2,1-4H3. The van der Waals surface area contributed by atoms with Gasteiger partial charge in [-0.05, 0) is 37.0 Å². The summed E-state index contributed by atoms with van der Waals surface area (Å²) in [5.74, 6) is 0.748. The molecule has 1 aliphatic heterocycles. The molecule has 0 amide bonds. The first-order chi connectivity index (χ1) is 8.63. The maximum absolute atomic E-state index is 3.66. The Hall–Kier alpha value is -1.02. The van der Waals surface area contributed by atoms with Crippen LogP contribution in [0.15, 0.2) is 18.2 Å². The topological polar surface area (TPSA) is 15.3 Å². The summed E-state index contributed by atoms with van der Waals surface area (Å²) in [6, 6.07) is 7.27. The van der Waals surface area contributed by atoms with Gasteiger partial charge in [0, 0.05) is 31.4 Å². The predicted molar refractivity (Wildman–Crippen MR) is 79.4 cm³/mol. The van der Waals surface area contributed by atoms with Gasteiger partial charge in [-0.2, -0.15) is 0 Å². The number of hydrogen-bond acceptors (Lipinski definition) is 2. The van der Waals surface area contributed by atoms with Crippen LogP contribution < -0.4 is 10.2 Å². The zero-order valence-electron chi connectivity index (χ0n) is 12.2. The molecule has 1 saturated heterocycles. The second kappa shape index (κ2) is 5.75. The van der Waals surface area contributed by atoms with Gasteiger partial charge in [0.25, 0.3) is 0 Å². The first-order valence-corrected chi connectivity index (χ1v) is 7.18. The molecule has 2 rings (SSSR count). The van der Waals surface area contributed by atoms with E-state index in [4.69, 9.17) is 0 Å². The van der Waals surface area contributed by atoms with Gasteiger partial charge in [-0.3, -0.25) is 0 Å². The fourth-order valence-electron chi connectivity index (χ4n) is 2.74. The molecule has 1 aromatic rings. The molecule has 2 nitrogen and oxygen atoms in total. The van der Waals surface area contributed by atoms with Crippen LogP contribution in [0.25, 0.3) is 0 Å². The van der Waals surface area contributed by atoms with E-state index in [0.717, 1.165) is 25.6 Å². The number of aryl methyl sites for hydroxylation is 1. The van der Waals surface area contributed by atoms with Gasteiger partial charge in [0.1, 0.15) is 0 Å². The molecule has 0 radical (unpaired) electrons. The van der Waals surface area contributed by atoms with Crippen molar-refractivity contribution in [2.45, 2.75) is 40.2 Å². The van der Waals surface area contributed by atoms with Crippen LogP contribution >= 0.6 is 0 Å². The number of hydrogen-bond donors (Lipinski definition) is 1. The lowest BCUT2D eigenvalue weighted by atomic mass is 9.96. The maximum atomic E-state index is 3.66. The Morgan fingerprint density at radius 2 is 2.17 bits per heavy atom. The maximum Gasteiger partial charge on any atom is 0.0399 e. The van der Waals surface area contributed by atoms with Gasteiger partial charge >= 0.3 is 0 Å². The van der Waals surface area contributed by atoms with E-state index in [9.17, 15) is 0 Å². The molecule has 1 aromatic carbocycles. The SMILES string of the molecule is CCC(C)C1CN(c2cccc(C)c2C)CCN1. The van der Waals surface area contributed by atoms with E-state index in [0.29, 0.717) is 6.04 Å². The van der Waals surface area contributed by atoms with Crippen LogP contribution in [-0.4, -0.2) is 25.7 Å². The average molecular weight is 246 g/mol. The summed E-state index contributed by atoms with van der Waals surface area (Å²) >= 11 is 0. The molecule has 18 heavy (non-hydrogen) atoms. The molecular formula is C16H26N2. The van der Waals surface area contributed by atoms with E-state index in [1.165, 1.54) is 23.2 Å². The molecule has 100 valence electrons. The van der Waals surface area contributed by atoms with E-state index in [1.54, 1.807) is 0 Å². The molecule has 0 bridgehead atoms. The summed E-state index contributed by atoms with van der Waals surface area (Å²) < 4.78 is 0. The third-order valence-corrected chi connectivity index (χ3v) is 4.45. The molecule has 0 aliphatic carbocycles. The quantitative estimate of drug-likeness (QED) is 0.881. The highest BCUT2D eigenvalue weighted by molar-refractivity contribution is 5.56. The minimum Gasteiger partial charge on any atom is -0.368 e. The lowest BCUT2D eigenvalue weighted by Crippen LogP contribution is -2.53. The summed E-state index contributed by atoms with van der Waals surface area (Å²) in [6.45, 7) is 12.4. The molecule has 0 spiro atoms. The molecule has 0 saturated carbocycles. The summed E-state index contributed by atoms with van der Waals surface area (Å²) in [4.78, 5) is 2.55. The van der Waals surface area contributed by atoms with Crippen molar-refractivity contribution in [3.05, 3.63) is 29.3 Å².